The van der Waals surface area contributed by atoms with Gasteiger partial charge in [0.25, 0.3) is 5.91 Å². The normalized spacial score (nSPS) is 21.9. The summed E-state index contributed by atoms with van der Waals surface area (Å²) in [6, 6.07) is 11.0. The number of benzene rings is 1. The highest BCUT2D eigenvalue weighted by atomic mass is 16.5. The fraction of sp³-hybridized carbons (Fsp3) is 0.500. The minimum Gasteiger partial charge on any atom is -0.491 e. The zero-order valence-corrected chi connectivity index (χ0v) is 21.2. The number of hydrogen-bond donors (Lipinski definition) is 1. The number of ether oxygens (including phenoxy) is 3. The van der Waals surface area contributed by atoms with Crippen molar-refractivity contribution in [3.8, 4) is 5.75 Å². The lowest BCUT2D eigenvalue weighted by Crippen LogP contribution is -2.46. The molecule has 35 heavy (non-hydrogen) atoms. The molecule has 1 aliphatic rings. The molecule has 3 rings (SSSR count). The third-order valence-electron chi connectivity index (χ3n) is 6.23. The Morgan fingerprint density at radius 3 is 2.69 bits per heavy atom. The number of hydrogen-bond acceptors (Lipinski definition) is 7. The number of carbonyl (C=O) groups excluding carboxylic acids is 2. The minimum absolute atomic E-state index is 0.0313. The van der Waals surface area contributed by atoms with E-state index in [0.29, 0.717) is 36.7 Å². The van der Waals surface area contributed by atoms with Crippen LogP contribution >= 0.6 is 0 Å². The summed E-state index contributed by atoms with van der Waals surface area (Å²) >= 11 is 0. The smallest absolute Gasteiger partial charge is 0.257 e. The van der Waals surface area contributed by atoms with E-state index >= 15 is 0 Å². The van der Waals surface area contributed by atoms with Crippen molar-refractivity contribution in [2.75, 3.05) is 52.9 Å². The largest absolute Gasteiger partial charge is 0.491 e. The summed E-state index contributed by atoms with van der Waals surface area (Å²) in [7, 11) is 4.91. The number of fused-ring (bicyclic) bond motifs is 1. The molecule has 2 aromatic rings. The van der Waals surface area contributed by atoms with Crippen LogP contribution in [0.1, 0.15) is 29.9 Å². The van der Waals surface area contributed by atoms with Gasteiger partial charge in [0.15, 0.2) is 0 Å². The first kappa shape index (κ1) is 26.6. The number of nitrogens with zero attached hydrogens (tertiary/aromatic N) is 3. The Hall–Kier alpha value is -3.01. The molecular formula is C26H36N4O5. The van der Waals surface area contributed by atoms with E-state index in [1.165, 1.54) is 7.11 Å². The lowest BCUT2D eigenvalue weighted by Gasteiger charge is -2.35. The predicted octanol–water partition coefficient (Wildman–Crippen LogP) is 2.67. The Bertz CT molecular complexity index is 987. The van der Waals surface area contributed by atoms with Crippen molar-refractivity contribution in [2.45, 2.75) is 32.5 Å². The summed E-state index contributed by atoms with van der Waals surface area (Å²) < 4.78 is 16.9. The topological polar surface area (TPSA) is 93.2 Å². The van der Waals surface area contributed by atoms with Crippen molar-refractivity contribution in [3.63, 3.8) is 0 Å². The molecule has 0 radical (unpaired) electrons. The lowest BCUT2D eigenvalue weighted by molar-refractivity contribution is -0.119. The van der Waals surface area contributed by atoms with Crippen LogP contribution in [0.25, 0.3) is 0 Å². The van der Waals surface area contributed by atoms with Crippen LogP contribution in [0.2, 0.25) is 0 Å². The van der Waals surface area contributed by atoms with Gasteiger partial charge in [0.1, 0.15) is 19.0 Å². The van der Waals surface area contributed by atoms with E-state index in [2.05, 4.69) is 29.0 Å². The maximum atomic E-state index is 13.3. The molecule has 9 heteroatoms. The predicted molar refractivity (Wildman–Crippen MR) is 133 cm³/mol. The van der Waals surface area contributed by atoms with Crippen molar-refractivity contribution >= 4 is 17.5 Å². The van der Waals surface area contributed by atoms with Gasteiger partial charge in [0.05, 0.1) is 17.4 Å². The zero-order valence-electron chi connectivity index (χ0n) is 21.2. The second-order valence-electron chi connectivity index (χ2n) is 9.04. The highest BCUT2D eigenvalue weighted by molar-refractivity contribution is 5.98. The minimum atomic E-state index is -0.282. The summed E-state index contributed by atoms with van der Waals surface area (Å²) in [6.45, 7) is 6.39. The van der Waals surface area contributed by atoms with Gasteiger partial charge in [-0.05, 0) is 37.1 Å². The van der Waals surface area contributed by atoms with Crippen LogP contribution < -0.4 is 10.1 Å². The van der Waals surface area contributed by atoms with Crippen LogP contribution in [-0.4, -0.2) is 86.3 Å². The maximum absolute atomic E-state index is 13.3. The van der Waals surface area contributed by atoms with Gasteiger partial charge in [-0.3, -0.25) is 19.5 Å². The molecule has 0 unspecified atom stereocenters. The maximum Gasteiger partial charge on any atom is 0.257 e. The molecular weight excluding hydrogens is 448 g/mol. The lowest BCUT2D eigenvalue weighted by atomic mass is 10.0. The number of rotatable bonds is 6. The average Bonchev–Trinajstić information content (AvgIpc) is 2.85. The van der Waals surface area contributed by atoms with Gasteiger partial charge in [-0.1, -0.05) is 13.0 Å². The third-order valence-corrected chi connectivity index (χ3v) is 6.23. The molecule has 0 bridgehead atoms. The Balaban J connectivity index is 1.92. The molecule has 2 heterocycles. The van der Waals surface area contributed by atoms with Gasteiger partial charge < -0.3 is 24.4 Å². The fourth-order valence-corrected chi connectivity index (χ4v) is 4.17. The van der Waals surface area contributed by atoms with Crippen LogP contribution in [0.3, 0.4) is 0 Å². The molecule has 0 spiro atoms. The molecule has 0 fully saturated rings. The molecule has 1 aromatic heterocycles. The highest BCUT2D eigenvalue weighted by Gasteiger charge is 2.28. The van der Waals surface area contributed by atoms with E-state index in [0.717, 1.165) is 12.2 Å². The van der Waals surface area contributed by atoms with Crippen molar-refractivity contribution in [3.05, 3.63) is 53.9 Å². The zero-order chi connectivity index (χ0) is 25.4. The molecule has 1 aliphatic heterocycles. The second-order valence-corrected chi connectivity index (χ2v) is 9.04. The Morgan fingerprint density at radius 2 is 2.00 bits per heavy atom. The molecule has 1 N–H and O–H groups in total. The number of methoxy groups -OCH3 is 2. The van der Waals surface area contributed by atoms with Crippen LogP contribution in [0.4, 0.5) is 5.69 Å². The van der Waals surface area contributed by atoms with Crippen LogP contribution in [0, 0.1) is 5.92 Å². The van der Waals surface area contributed by atoms with Crippen molar-refractivity contribution in [2.24, 2.45) is 5.92 Å². The molecule has 0 saturated carbocycles. The number of amides is 2. The first-order chi connectivity index (χ1) is 16.8. The number of likely N-dealkylation sites (N-methyl/N-ethyl adjacent to an activating group) is 1. The van der Waals surface area contributed by atoms with Crippen molar-refractivity contribution in [1.29, 1.82) is 0 Å². The van der Waals surface area contributed by atoms with Gasteiger partial charge in [-0.15, -0.1) is 0 Å². The fourth-order valence-electron chi connectivity index (χ4n) is 4.17. The first-order valence-corrected chi connectivity index (χ1v) is 11.8. The van der Waals surface area contributed by atoms with E-state index in [-0.39, 0.29) is 36.5 Å². The molecule has 2 amide bonds. The quantitative estimate of drug-likeness (QED) is 0.674. The summed E-state index contributed by atoms with van der Waals surface area (Å²) in [4.78, 5) is 33.8. The number of anilines is 1. The molecule has 9 nitrogen and oxygen atoms in total. The number of pyridine rings is 1. The standard InChI is InChI=1S/C26H36N4O5/c1-18-13-30(14-21-8-6-7-11-27-21)19(2)16-35-23-12-20(28-25(31)17-33-4)9-10-22(23)26(32)29(3)15-24(18)34-5/h6-12,18-19,24H,13-17H2,1-5H3,(H,28,31)/t18-,19+,24-/m1/s1. The SMILES string of the molecule is COCC(=O)Nc1ccc2c(c1)OC[C@H](C)N(Cc1ccccn1)C[C@@H](C)[C@H](OC)CN(C)C2=O. The van der Waals surface area contributed by atoms with Crippen LogP contribution in [-0.2, 0) is 20.8 Å². The van der Waals surface area contributed by atoms with E-state index in [9.17, 15) is 9.59 Å². The van der Waals surface area contributed by atoms with Gasteiger partial charge in [-0.25, -0.2) is 0 Å². The van der Waals surface area contributed by atoms with Gasteiger partial charge in [0.2, 0.25) is 5.91 Å². The molecule has 0 aliphatic carbocycles. The number of aromatic nitrogens is 1. The molecule has 3 atom stereocenters. The molecule has 1 aromatic carbocycles. The molecule has 190 valence electrons. The summed E-state index contributed by atoms with van der Waals surface area (Å²) in [5.41, 5.74) is 1.95. The van der Waals surface area contributed by atoms with E-state index in [1.54, 1.807) is 43.5 Å². The number of nitrogens with one attached hydrogen (secondary N) is 1. The van der Waals surface area contributed by atoms with Crippen molar-refractivity contribution < 1.29 is 23.8 Å². The van der Waals surface area contributed by atoms with Gasteiger partial charge in [-0.2, -0.15) is 0 Å². The van der Waals surface area contributed by atoms with E-state index in [1.807, 2.05) is 18.2 Å². The Morgan fingerprint density at radius 1 is 1.20 bits per heavy atom. The summed E-state index contributed by atoms with van der Waals surface area (Å²) in [5.74, 6) is 0.140. The second kappa shape index (κ2) is 12.6. The van der Waals surface area contributed by atoms with Crippen LogP contribution in [0.5, 0.6) is 5.75 Å². The highest BCUT2D eigenvalue weighted by Crippen LogP contribution is 2.27. The third kappa shape index (κ3) is 7.24. The van der Waals surface area contributed by atoms with Crippen LogP contribution in [0.15, 0.2) is 42.6 Å². The number of carbonyl (C=O) groups is 2. The van der Waals surface area contributed by atoms with E-state index < -0.39 is 0 Å². The molecule has 0 saturated heterocycles. The summed E-state index contributed by atoms with van der Waals surface area (Å²) in [5, 5.41) is 2.77. The monoisotopic (exact) mass is 484 g/mol. The first-order valence-electron chi connectivity index (χ1n) is 11.8. The van der Waals surface area contributed by atoms with Gasteiger partial charge in [0, 0.05) is 64.9 Å². The Kier molecular flexibility index (Phi) is 9.59. The average molecular weight is 485 g/mol. The Labute approximate surface area is 207 Å². The van der Waals surface area contributed by atoms with Crippen molar-refractivity contribution in [1.82, 2.24) is 14.8 Å². The van der Waals surface area contributed by atoms with Gasteiger partial charge >= 0.3 is 0 Å². The van der Waals surface area contributed by atoms with E-state index in [4.69, 9.17) is 14.2 Å². The summed E-state index contributed by atoms with van der Waals surface area (Å²) in [6.07, 6.45) is 1.66.